The van der Waals surface area contributed by atoms with Gasteiger partial charge in [0.25, 0.3) is 5.91 Å². The zero-order valence-electron chi connectivity index (χ0n) is 15.2. The molecule has 8 nitrogen and oxygen atoms in total. The lowest BCUT2D eigenvalue weighted by molar-refractivity contribution is -0.119. The van der Waals surface area contributed by atoms with Crippen LogP contribution in [0.3, 0.4) is 0 Å². The van der Waals surface area contributed by atoms with E-state index in [-0.39, 0.29) is 10.9 Å². The number of nitrogens with one attached hydrogen (secondary N) is 1. The molecule has 9 heteroatoms. The lowest BCUT2D eigenvalue weighted by Crippen LogP contribution is -2.33. The number of hydrogen-bond donors (Lipinski definition) is 1. The van der Waals surface area contributed by atoms with Gasteiger partial charge in [0.1, 0.15) is 0 Å². The molecule has 27 heavy (non-hydrogen) atoms. The van der Waals surface area contributed by atoms with Crippen molar-refractivity contribution in [3.8, 4) is 0 Å². The number of nitrogens with zero attached hydrogens (tertiary/aromatic N) is 2. The van der Waals surface area contributed by atoms with Crippen molar-refractivity contribution in [1.82, 2.24) is 9.29 Å². The quantitative estimate of drug-likeness (QED) is 0.723. The molecule has 0 aliphatic rings. The molecule has 2 aromatic rings. The Labute approximate surface area is 158 Å². The second kappa shape index (κ2) is 8.74. The summed E-state index contributed by atoms with van der Waals surface area (Å²) in [5.74, 6) is -1.17. The standard InChI is InChI=1S/C18H21N3O5S/c1-13(2)21(3)27(24,25)16-6-4-15(5-7-16)20-17(22)12-26-18(23)14-8-10-19-11-9-14/h4-11,13H,12H2,1-3H3,(H,20,22). The van der Waals surface area contributed by atoms with Crippen LogP contribution in [-0.4, -0.2) is 49.3 Å². The maximum Gasteiger partial charge on any atom is 0.338 e. The van der Waals surface area contributed by atoms with E-state index in [0.29, 0.717) is 11.3 Å². The average Bonchev–Trinajstić information content (AvgIpc) is 2.66. The Hall–Kier alpha value is -2.78. The number of pyridine rings is 1. The molecule has 0 fully saturated rings. The van der Waals surface area contributed by atoms with E-state index >= 15 is 0 Å². The lowest BCUT2D eigenvalue weighted by atomic mass is 10.3. The van der Waals surface area contributed by atoms with Gasteiger partial charge < -0.3 is 10.1 Å². The third kappa shape index (κ3) is 5.35. The van der Waals surface area contributed by atoms with Gasteiger partial charge in [0.05, 0.1) is 10.5 Å². The van der Waals surface area contributed by atoms with Crippen LogP contribution in [0, 0.1) is 0 Å². The molecule has 0 spiro atoms. The van der Waals surface area contributed by atoms with E-state index in [9.17, 15) is 18.0 Å². The molecule has 1 aromatic carbocycles. The molecule has 0 atom stereocenters. The maximum absolute atomic E-state index is 12.4. The summed E-state index contributed by atoms with van der Waals surface area (Å²) in [5, 5.41) is 2.54. The Morgan fingerprint density at radius 2 is 1.70 bits per heavy atom. The van der Waals surface area contributed by atoms with Gasteiger partial charge in [0.15, 0.2) is 6.61 Å². The summed E-state index contributed by atoms with van der Waals surface area (Å²) in [5.41, 5.74) is 0.688. The first-order chi connectivity index (χ1) is 12.7. The molecule has 1 heterocycles. The van der Waals surface area contributed by atoms with Crippen molar-refractivity contribution in [2.45, 2.75) is 24.8 Å². The number of ether oxygens (including phenoxy) is 1. The molecular weight excluding hydrogens is 370 g/mol. The van der Waals surface area contributed by atoms with Gasteiger partial charge in [0.2, 0.25) is 10.0 Å². The normalized spacial score (nSPS) is 11.4. The molecule has 0 aliphatic carbocycles. The first-order valence-corrected chi connectivity index (χ1v) is 9.61. The monoisotopic (exact) mass is 391 g/mol. The first kappa shape index (κ1) is 20.5. The highest BCUT2D eigenvalue weighted by atomic mass is 32.2. The van der Waals surface area contributed by atoms with Crippen LogP contribution in [0.15, 0.2) is 53.7 Å². The van der Waals surface area contributed by atoms with Crippen LogP contribution >= 0.6 is 0 Å². The van der Waals surface area contributed by atoms with Crippen molar-refractivity contribution in [3.63, 3.8) is 0 Å². The van der Waals surface area contributed by atoms with Crippen LogP contribution in [0.1, 0.15) is 24.2 Å². The summed E-state index contributed by atoms with van der Waals surface area (Å²) < 4.78 is 31.0. The van der Waals surface area contributed by atoms with Gasteiger partial charge in [-0.25, -0.2) is 13.2 Å². The smallest absolute Gasteiger partial charge is 0.338 e. The van der Waals surface area contributed by atoms with E-state index in [1.807, 2.05) is 0 Å². The molecule has 0 unspecified atom stereocenters. The van der Waals surface area contributed by atoms with Crippen LogP contribution in [0.5, 0.6) is 0 Å². The van der Waals surface area contributed by atoms with Crippen LogP contribution in [0.2, 0.25) is 0 Å². The number of amides is 1. The van der Waals surface area contributed by atoms with E-state index < -0.39 is 28.5 Å². The molecule has 144 valence electrons. The topological polar surface area (TPSA) is 106 Å². The molecule has 0 bridgehead atoms. The fourth-order valence-electron chi connectivity index (χ4n) is 2.05. The Bertz CT molecular complexity index is 896. The van der Waals surface area contributed by atoms with Gasteiger partial charge >= 0.3 is 5.97 Å². The lowest BCUT2D eigenvalue weighted by Gasteiger charge is -2.21. The number of aromatic nitrogens is 1. The van der Waals surface area contributed by atoms with E-state index in [1.54, 1.807) is 13.8 Å². The minimum absolute atomic E-state index is 0.126. The number of sulfonamides is 1. The van der Waals surface area contributed by atoms with Crippen molar-refractivity contribution in [2.75, 3.05) is 19.0 Å². The van der Waals surface area contributed by atoms with E-state index in [1.165, 1.54) is 60.1 Å². The molecule has 1 N–H and O–H groups in total. The highest BCUT2D eigenvalue weighted by Gasteiger charge is 2.22. The minimum atomic E-state index is -3.59. The number of benzene rings is 1. The number of carbonyl (C=O) groups excluding carboxylic acids is 2. The van der Waals surface area contributed by atoms with Gasteiger partial charge in [-0.3, -0.25) is 9.78 Å². The number of anilines is 1. The zero-order chi connectivity index (χ0) is 20.0. The summed E-state index contributed by atoms with van der Waals surface area (Å²) >= 11 is 0. The summed E-state index contributed by atoms with van der Waals surface area (Å²) in [6.45, 7) is 3.09. The second-order valence-electron chi connectivity index (χ2n) is 6.00. The van der Waals surface area contributed by atoms with Gasteiger partial charge in [-0.2, -0.15) is 4.31 Å². The fraction of sp³-hybridized carbons (Fsp3) is 0.278. The van der Waals surface area contributed by atoms with Crippen molar-refractivity contribution >= 4 is 27.6 Å². The summed E-state index contributed by atoms with van der Waals surface area (Å²) in [4.78, 5) is 27.6. The van der Waals surface area contributed by atoms with Crippen molar-refractivity contribution < 1.29 is 22.7 Å². The Kier molecular flexibility index (Phi) is 6.65. The highest BCUT2D eigenvalue weighted by molar-refractivity contribution is 7.89. The largest absolute Gasteiger partial charge is 0.452 e. The predicted molar refractivity (Wildman–Crippen MR) is 99.7 cm³/mol. The maximum atomic E-state index is 12.4. The molecule has 0 aliphatic heterocycles. The number of esters is 1. The highest BCUT2D eigenvalue weighted by Crippen LogP contribution is 2.19. The first-order valence-electron chi connectivity index (χ1n) is 8.17. The Balaban J connectivity index is 1.94. The molecule has 1 amide bonds. The third-order valence-corrected chi connectivity index (χ3v) is 5.84. The number of hydrogen-bond acceptors (Lipinski definition) is 6. The fourth-order valence-corrected chi connectivity index (χ4v) is 3.42. The summed E-state index contributed by atoms with van der Waals surface area (Å²) in [6.07, 6.45) is 2.89. The summed E-state index contributed by atoms with van der Waals surface area (Å²) in [7, 11) is -2.08. The van der Waals surface area contributed by atoms with Gasteiger partial charge in [-0.15, -0.1) is 0 Å². The zero-order valence-corrected chi connectivity index (χ0v) is 16.1. The molecule has 0 radical (unpaired) electrons. The number of carbonyl (C=O) groups is 2. The number of rotatable bonds is 7. The second-order valence-corrected chi connectivity index (χ2v) is 8.00. The van der Waals surface area contributed by atoms with E-state index in [4.69, 9.17) is 4.74 Å². The average molecular weight is 391 g/mol. The Morgan fingerprint density at radius 3 is 2.26 bits per heavy atom. The Morgan fingerprint density at radius 1 is 1.11 bits per heavy atom. The molecular formula is C18H21N3O5S. The van der Waals surface area contributed by atoms with Gasteiger partial charge in [-0.1, -0.05) is 0 Å². The molecule has 1 aromatic heterocycles. The van der Waals surface area contributed by atoms with Crippen LogP contribution in [0.4, 0.5) is 5.69 Å². The van der Waals surface area contributed by atoms with Gasteiger partial charge in [-0.05, 0) is 50.2 Å². The van der Waals surface area contributed by atoms with E-state index in [2.05, 4.69) is 10.3 Å². The van der Waals surface area contributed by atoms with Crippen molar-refractivity contribution in [1.29, 1.82) is 0 Å². The van der Waals surface area contributed by atoms with Crippen molar-refractivity contribution in [2.24, 2.45) is 0 Å². The van der Waals surface area contributed by atoms with Crippen LogP contribution in [-0.2, 0) is 19.6 Å². The van der Waals surface area contributed by atoms with Crippen LogP contribution in [0.25, 0.3) is 0 Å². The van der Waals surface area contributed by atoms with Crippen LogP contribution < -0.4 is 5.32 Å². The van der Waals surface area contributed by atoms with Crippen molar-refractivity contribution in [3.05, 3.63) is 54.4 Å². The molecule has 2 rings (SSSR count). The van der Waals surface area contributed by atoms with E-state index in [0.717, 1.165) is 0 Å². The predicted octanol–water partition coefficient (Wildman–Crippen LogP) is 1.91. The minimum Gasteiger partial charge on any atom is -0.452 e. The SMILES string of the molecule is CC(C)N(C)S(=O)(=O)c1ccc(NC(=O)COC(=O)c2ccncc2)cc1. The molecule has 0 saturated carbocycles. The summed E-state index contributed by atoms with van der Waals surface area (Å²) in [6, 6.07) is 8.55. The van der Waals surface area contributed by atoms with Gasteiger partial charge in [0, 0.05) is 31.2 Å². The third-order valence-electron chi connectivity index (χ3n) is 3.79. The molecule has 0 saturated heterocycles.